The molecular weight excluding hydrogens is 374 g/mol. The van der Waals surface area contributed by atoms with Gasteiger partial charge in [-0.2, -0.15) is 0 Å². The monoisotopic (exact) mass is 403 g/mol. The molecule has 7 nitrogen and oxygen atoms in total. The van der Waals surface area contributed by atoms with Crippen LogP contribution in [0.5, 0.6) is 5.75 Å². The van der Waals surface area contributed by atoms with Crippen LogP contribution in [0.25, 0.3) is 0 Å². The molecule has 1 saturated heterocycles. The van der Waals surface area contributed by atoms with Crippen molar-refractivity contribution in [1.82, 2.24) is 19.8 Å². The molecule has 28 heavy (non-hydrogen) atoms. The first-order valence-corrected chi connectivity index (χ1v) is 10.8. The van der Waals surface area contributed by atoms with E-state index in [2.05, 4.69) is 43.1 Å². The molecule has 1 atom stereocenters. The second-order valence-electron chi connectivity index (χ2n) is 7.50. The van der Waals surface area contributed by atoms with Gasteiger partial charge in [-0.25, -0.2) is 4.68 Å². The first-order chi connectivity index (χ1) is 13.5. The summed E-state index contributed by atoms with van der Waals surface area (Å²) in [5, 5.41) is 8.72. The lowest BCUT2D eigenvalue weighted by Crippen LogP contribution is -2.43. The topological polar surface area (TPSA) is 86.3 Å². The van der Waals surface area contributed by atoms with Gasteiger partial charge in [-0.1, -0.05) is 37.7 Å². The van der Waals surface area contributed by atoms with Crippen LogP contribution in [0.15, 0.2) is 29.4 Å². The van der Waals surface area contributed by atoms with Crippen molar-refractivity contribution in [3.05, 3.63) is 35.7 Å². The molecule has 1 amide bonds. The first kappa shape index (κ1) is 20.5. The molecule has 152 valence electrons. The number of nitrogens with zero attached hydrogens (tertiary/aromatic N) is 4. The highest BCUT2D eigenvalue weighted by Gasteiger charge is 2.23. The molecule has 0 bridgehead atoms. The summed E-state index contributed by atoms with van der Waals surface area (Å²) in [5.41, 5.74) is 1.26. The van der Waals surface area contributed by atoms with Gasteiger partial charge < -0.3 is 15.5 Å². The van der Waals surface area contributed by atoms with Crippen LogP contribution in [-0.4, -0.2) is 44.0 Å². The zero-order valence-corrected chi connectivity index (χ0v) is 17.6. The predicted molar refractivity (Wildman–Crippen MR) is 111 cm³/mol. The summed E-state index contributed by atoms with van der Waals surface area (Å²) < 4.78 is 7.17. The zero-order valence-electron chi connectivity index (χ0n) is 16.8. The van der Waals surface area contributed by atoms with Crippen LogP contribution in [-0.2, 0) is 11.4 Å². The number of amides is 1. The molecular formula is C20H29N5O2S. The highest BCUT2D eigenvalue weighted by molar-refractivity contribution is 7.99. The molecule has 1 fully saturated rings. The summed E-state index contributed by atoms with van der Waals surface area (Å²) in [7, 11) is 0. The fourth-order valence-electron chi connectivity index (χ4n) is 3.28. The van der Waals surface area contributed by atoms with Gasteiger partial charge in [0.15, 0.2) is 5.82 Å². The smallest absolute Gasteiger partial charge is 0.233 e. The largest absolute Gasteiger partial charge is 0.486 e. The van der Waals surface area contributed by atoms with E-state index in [1.54, 1.807) is 0 Å². The van der Waals surface area contributed by atoms with E-state index < -0.39 is 0 Å². The van der Waals surface area contributed by atoms with Gasteiger partial charge in [0.2, 0.25) is 11.1 Å². The Morgan fingerprint density at radius 1 is 1.29 bits per heavy atom. The minimum absolute atomic E-state index is 0.128. The second-order valence-corrected chi connectivity index (χ2v) is 8.44. The summed E-state index contributed by atoms with van der Waals surface area (Å²) in [5.74, 6) is 8.30. The Balaban J connectivity index is 1.52. The van der Waals surface area contributed by atoms with E-state index in [1.807, 2.05) is 17.0 Å². The molecule has 2 aromatic rings. The number of rotatable bonds is 7. The number of nitrogens with two attached hydrogens (primary N) is 1. The van der Waals surface area contributed by atoms with Gasteiger partial charge in [-0.05, 0) is 49.8 Å². The molecule has 1 aliphatic rings. The van der Waals surface area contributed by atoms with Gasteiger partial charge in [0, 0.05) is 12.6 Å². The standard InChI is InChI=1S/C20H29N5O2S/c1-14(2)16-7-9-17(10-8-16)27-12-18-22-23-20(25(18)21)28-13-19(26)24-11-5-4-6-15(24)3/h7-10,14-15H,4-6,11-13,21H2,1-3H3/t15-/m0/s1. The highest BCUT2D eigenvalue weighted by Crippen LogP contribution is 2.22. The van der Waals surface area contributed by atoms with Crippen molar-refractivity contribution in [2.24, 2.45) is 0 Å². The maximum absolute atomic E-state index is 12.5. The van der Waals surface area contributed by atoms with E-state index in [9.17, 15) is 4.79 Å². The fraction of sp³-hybridized carbons (Fsp3) is 0.550. The Morgan fingerprint density at radius 3 is 2.71 bits per heavy atom. The molecule has 1 aromatic carbocycles. The quantitative estimate of drug-likeness (QED) is 0.564. The third-order valence-corrected chi connectivity index (χ3v) is 6.03. The number of piperidine rings is 1. The zero-order chi connectivity index (χ0) is 20.1. The lowest BCUT2D eigenvalue weighted by atomic mass is 10.0. The molecule has 8 heteroatoms. The van der Waals surface area contributed by atoms with Crippen LogP contribution in [0.3, 0.4) is 0 Å². The molecule has 2 heterocycles. The van der Waals surface area contributed by atoms with Crippen molar-refractivity contribution in [1.29, 1.82) is 0 Å². The first-order valence-electron chi connectivity index (χ1n) is 9.80. The SMILES string of the molecule is CC(C)c1ccc(OCc2nnc(SCC(=O)N3CCCC[C@@H]3C)n2N)cc1. The van der Waals surface area contributed by atoms with Crippen molar-refractivity contribution >= 4 is 17.7 Å². The molecule has 0 unspecified atom stereocenters. The third kappa shape index (κ3) is 4.98. The van der Waals surface area contributed by atoms with Gasteiger partial charge in [0.25, 0.3) is 0 Å². The Bertz CT molecular complexity index is 790. The number of nitrogen functional groups attached to an aromatic ring is 1. The van der Waals surface area contributed by atoms with E-state index in [1.165, 1.54) is 28.4 Å². The minimum atomic E-state index is 0.128. The molecule has 2 N–H and O–H groups in total. The number of likely N-dealkylation sites (tertiary alicyclic amines) is 1. The summed E-state index contributed by atoms with van der Waals surface area (Å²) in [6.45, 7) is 7.48. The third-order valence-electron chi connectivity index (χ3n) is 5.10. The molecule has 1 aromatic heterocycles. The number of hydrogen-bond acceptors (Lipinski definition) is 6. The van der Waals surface area contributed by atoms with Crippen LogP contribution in [0.2, 0.25) is 0 Å². The Kier molecular flexibility index (Phi) is 6.83. The molecule has 0 aliphatic carbocycles. The van der Waals surface area contributed by atoms with E-state index >= 15 is 0 Å². The molecule has 0 radical (unpaired) electrons. The number of carbonyl (C=O) groups is 1. The summed E-state index contributed by atoms with van der Waals surface area (Å²) in [6.07, 6.45) is 3.34. The molecule has 3 rings (SSSR count). The number of hydrogen-bond donors (Lipinski definition) is 1. The molecule has 0 saturated carbocycles. The van der Waals surface area contributed by atoms with Crippen LogP contribution < -0.4 is 10.6 Å². The van der Waals surface area contributed by atoms with Crippen LogP contribution in [0.1, 0.15) is 57.3 Å². The highest BCUT2D eigenvalue weighted by atomic mass is 32.2. The van der Waals surface area contributed by atoms with Crippen molar-refractivity contribution < 1.29 is 9.53 Å². The van der Waals surface area contributed by atoms with Crippen molar-refractivity contribution in [3.8, 4) is 5.75 Å². The van der Waals surface area contributed by atoms with E-state index in [4.69, 9.17) is 10.6 Å². The summed E-state index contributed by atoms with van der Waals surface area (Å²) in [6, 6.07) is 8.31. The van der Waals surface area contributed by atoms with E-state index in [-0.39, 0.29) is 12.5 Å². The average Bonchev–Trinajstić information content (AvgIpc) is 3.04. The van der Waals surface area contributed by atoms with Crippen LogP contribution >= 0.6 is 11.8 Å². The maximum Gasteiger partial charge on any atom is 0.233 e. The van der Waals surface area contributed by atoms with Crippen molar-refractivity contribution in [3.63, 3.8) is 0 Å². The van der Waals surface area contributed by atoms with Crippen molar-refractivity contribution in [2.45, 2.75) is 63.8 Å². The normalized spacial score (nSPS) is 17.1. The fourth-order valence-corrected chi connectivity index (χ4v) is 4.04. The van der Waals surface area contributed by atoms with Crippen molar-refractivity contribution in [2.75, 3.05) is 18.1 Å². The average molecular weight is 404 g/mol. The number of carbonyl (C=O) groups excluding carboxylic acids is 1. The van der Waals surface area contributed by atoms with Gasteiger partial charge in [-0.15, -0.1) is 10.2 Å². The van der Waals surface area contributed by atoms with Gasteiger partial charge in [-0.3, -0.25) is 4.79 Å². The van der Waals surface area contributed by atoms with Gasteiger partial charge in [0.1, 0.15) is 12.4 Å². The van der Waals surface area contributed by atoms with Gasteiger partial charge >= 0.3 is 0 Å². The summed E-state index contributed by atoms with van der Waals surface area (Å²) in [4.78, 5) is 14.4. The number of thioether (sulfide) groups is 1. The van der Waals surface area contributed by atoms with Crippen LogP contribution in [0, 0.1) is 0 Å². The minimum Gasteiger partial charge on any atom is -0.486 e. The Labute approximate surface area is 170 Å². The Morgan fingerprint density at radius 2 is 2.04 bits per heavy atom. The maximum atomic E-state index is 12.5. The lowest BCUT2D eigenvalue weighted by molar-refractivity contribution is -0.131. The number of benzene rings is 1. The molecule has 1 aliphatic heterocycles. The van der Waals surface area contributed by atoms with Crippen LogP contribution in [0.4, 0.5) is 0 Å². The lowest BCUT2D eigenvalue weighted by Gasteiger charge is -2.33. The van der Waals surface area contributed by atoms with E-state index in [0.717, 1.165) is 25.1 Å². The second kappa shape index (κ2) is 9.32. The predicted octanol–water partition coefficient (Wildman–Crippen LogP) is 3.19. The van der Waals surface area contributed by atoms with Gasteiger partial charge in [0.05, 0.1) is 5.75 Å². The number of ether oxygens (including phenoxy) is 1. The molecule has 0 spiro atoms. The van der Waals surface area contributed by atoms with E-state index in [0.29, 0.717) is 28.7 Å². The Hall–Kier alpha value is -2.22. The number of aromatic nitrogens is 3. The summed E-state index contributed by atoms with van der Waals surface area (Å²) >= 11 is 1.32.